The molecule has 0 amide bonds. The molecule has 1 N–H and O–H groups in total. The van der Waals surface area contributed by atoms with Gasteiger partial charge in [-0.25, -0.2) is 0 Å². The fourth-order valence-corrected chi connectivity index (χ4v) is 3.48. The summed E-state index contributed by atoms with van der Waals surface area (Å²) in [6, 6.07) is 6.90. The van der Waals surface area contributed by atoms with Crippen LogP contribution in [0.1, 0.15) is 56.6 Å². The van der Waals surface area contributed by atoms with Crippen molar-refractivity contribution in [1.82, 2.24) is 5.32 Å². The Balaban J connectivity index is 2.01. The van der Waals surface area contributed by atoms with Crippen LogP contribution in [0.25, 0.3) is 0 Å². The first-order chi connectivity index (χ1) is 10.2. The van der Waals surface area contributed by atoms with Crippen LogP contribution < -0.4 is 10.2 Å². The number of benzene rings is 1. The molecule has 118 valence electrons. The Morgan fingerprint density at radius 1 is 1.19 bits per heavy atom. The molecule has 0 unspecified atom stereocenters. The lowest BCUT2D eigenvalue weighted by Crippen LogP contribution is -2.28. The lowest BCUT2D eigenvalue weighted by atomic mass is 9.89. The van der Waals surface area contributed by atoms with E-state index in [0.717, 1.165) is 19.0 Å². The second-order valence-corrected chi connectivity index (χ2v) is 6.69. The van der Waals surface area contributed by atoms with Crippen LogP contribution in [0, 0.1) is 12.8 Å². The Kier molecular flexibility index (Phi) is 6.56. The van der Waals surface area contributed by atoms with Crippen LogP contribution >= 0.6 is 0 Å². The fraction of sp³-hybridized carbons (Fsp3) is 0.684. The first-order valence-electron chi connectivity index (χ1n) is 8.72. The first kappa shape index (κ1) is 16.4. The van der Waals surface area contributed by atoms with E-state index in [1.807, 2.05) is 0 Å². The summed E-state index contributed by atoms with van der Waals surface area (Å²) in [6.45, 7) is 7.71. The number of hydrogen-bond acceptors (Lipinski definition) is 2. The van der Waals surface area contributed by atoms with Gasteiger partial charge in [0.05, 0.1) is 0 Å². The highest BCUT2D eigenvalue weighted by Crippen LogP contribution is 2.27. The van der Waals surface area contributed by atoms with Crippen LogP contribution in [-0.2, 0) is 6.54 Å². The highest BCUT2D eigenvalue weighted by Gasteiger charge is 2.17. The summed E-state index contributed by atoms with van der Waals surface area (Å²) in [7, 11) is 2.27. The summed E-state index contributed by atoms with van der Waals surface area (Å²) in [4.78, 5) is 2.48. The third-order valence-corrected chi connectivity index (χ3v) is 4.65. The van der Waals surface area contributed by atoms with E-state index in [-0.39, 0.29) is 0 Å². The van der Waals surface area contributed by atoms with Crippen molar-refractivity contribution < 1.29 is 0 Å². The predicted molar refractivity (Wildman–Crippen MR) is 93.0 cm³/mol. The Morgan fingerprint density at radius 2 is 1.95 bits per heavy atom. The molecule has 0 saturated heterocycles. The van der Waals surface area contributed by atoms with Gasteiger partial charge in [0, 0.05) is 25.8 Å². The van der Waals surface area contributed by atoms with Gasteiger partial charge in [-0.05, 0) is 50.3 Å². The third-order valence-electron chi connectivity index (χ3n) is 4.65. The molecule has 2 nitrogen and oxygen atoms in total. The molecule has 1 aromatic carbocycles. The normalized spacial score (nSPS) is 16.1. The van der Waals surface area contributed by atoms with E-state index in [1.54, 1.807) is 0 Å². The average molecular weight is 288 g/mol. The molecular formula is C19H32N2. The molecule has 0 spiro atoms. The maximum atomic E-state index is 3.55. The van der Waals surface area contributed by atoms with Crippen molar-refractivity contribution in [3.8, 4) is 0 Å². The van der Waals surface area contributed by atoms with Gasteiger partial charge in [0.25, 0.3) is 0 Å². The number of nitrogens with one attached hydrogen (secondary N) is 1. The van der Waals surface area contributed by atoms with Crippen molar-refractivity contribution in [3.63, 3.8) is 0 Å². The molecule has 0 atom stereocenters. The van der Waals surface area contributed by atoms with E-state index in [2.05, 4.69) is 49.3 Å². The second kappa shape index (κ2) is 8.43. The molecule has 1 aliphatic rings. The third kappa shape index (κ3) is 5.03. The van der Waals surface area contributed by atoms with Crippen molar-refractivity contribution in [3.05, 3.63) is 29.3 Å². The van der Waals surface area contributed by atoms with E-state index in [0.29, 0.717) is 0 Å². The summed E-state index contributed by atoms with van der Waals surface area (Å²) in [5.74, 6) is 0.890. The van der Waals surface area contributed by atoms with Crippen LogP contribution in [0.5, 0.6) is 0 Å². The summed E-state index contributed by atoms with van der Waals surface area (Å²) in [6.07, 6.45) is 8.32. The largest absolute Gasteiger partial charge is 0.374 e. The van der Waals surface area contributed by atoms with Crippen molar-refractivity contribution in [2.24, 2.45) is 5.92 Å². The molecule has 1 aliphatic carbocycles. The zero-order valence-corrected chi connectivity index (χ0v) is 14.1. The Labute approximate surface area is 130 Å². The molecule has 1 aromatic rings. The summed E-state index contributed by atoms with van der Waals surface area (Å²) >= 11 is 0. The molecule has 0 aliphatic heterocycles. The summed E-state index contributed by atoms with van der Waals surface area (Å²) in [5.41, 5.74) is 4.22. The standard InChI is InChI=1S/C19H32N2/c1-4-12-20-14-18-13-16(2)10-11-19(18)21(3)15-17-8-6-5-7-9-17/h10-11,13,17,20H,4-9,12,14-15H2,1-3H3. The maximum Gasteiger partial charge on any atom is 0.0409 e. The fourth-order valence-electron chi connectivity index (χ4n) is 3.48. The minimum Gasteiger partial charge on any atom is -0.374 e. The topological polar surface area (TPSA) is 15.3 Å². The van der Waals surface area contributed by atoms with Gasteiger partial charge in [0.15, 0.2) is 0 Å². The monoisotopic (exact) mass is 288 g/mol. The molecule has 1 saturated carbocycles. The number of hydrogen-bond donors (Lipinski definition) is 1. The zero-order valence-electron chi connectivity index (χ0n) is 14.1. The van der Waals surface area contributed by atoms with Gasteiger partial charge in [-0.15, -0.1) is 0 Å². The summed E-state index contributed by atoms with van der Waals surface area (Å²) < 4.78 is 0. The van der Waals surface area contributed by atoms with Crippen LogP contribution in [0.15, 0.2) is 18.2 Å². The molecule has 2 rings (SSSR count). The number of anilines is 1. The Hall–Kier alpha value is -1.02. The van der Waals surface area contributed by atoms with Crippen molar-refractivity contribution in [2.45, 2.75) is 58.9 Å². The molecular weight excluding hydrogens is 256 g/mol. The SMILES string of the molecule is CCCNCc1cc(C)ccc1N(C)CC1CCCCC1. The van der Waals surface area contributed by atoms with E-state index < -0.39 is 0 Å². The van der Waals surface area contributed by atoms with Crippen molar-refractivity contribution in [1.29, 1.82) is 0 Å². The predicted octanol–water partition coefficient (Wildman–Crippen LogP) is 4.51. The lowest BCUT2D eigenvalue weighted by molar-refractivity contribution is 0.362. The molecule has 2 heteroatoms. The second-order valence-electron chi connectivity index (χ2n) is 6.69. The molecule has 0 bridgehead atoms. The van der Waals surface area contributed by atoms with E-state index >= 15 is 0 Å². The Morgan fingerprint density at radius 3 is 2.67 bits per heavy atom. The van der Waals surface area contributed by atoms with Crippen LogP contribution in [0.3, 0.4) is 0 Å². The lowest BCUT2D eigenvalue weighted by Gasteiger charge is -2.30. The zero-order chi connectivity index (χ0) is 15.1. The van der Waals surface area contributed by atoms with Gasteiger partial charge in [-0.2, -0.15) is 0 Å². The van der Waals surface area contributed by atoms with E-state index in [1.165, 1.54) is 61.9 Å². The van der Waals surface area contributed by atoms with Crippen molar-refractivity contribution in [2.75, 3.05) is 25.0 Å². The minimum atomic E-state index is 0.890. The number of nitrogens with zero attached hydrogens (tertiary/aromatic N) is 1. The van der Waals surface area contributed by atoms with Gasteiger partial charge in [-0.3, -0.25) is 0 Å². The van der Waals surface area contributed by atoms with Gasteiger partial charge < -0.3 is 10.2 Å². The Bertz CT molecular complexity index is 422. The molecule has 21 heavy (non-hydrogen) atoms. The summed E-state index contributed by atoms with van der Waals surface area (Å²) in [5, 5.41) is 3.55. The molecule has 0 radical (unpaired) electrons. The van der Waals surface area contributed by atoms with E-state index in [9.17, 15) is 0 Å². The smallest absolute Gasteiger partial charge is 0.0409 e. The van der Waals surface area contributed by atoms with E-state index in [4.69, 9.17) is 0 Å². The number of aryl methyl sites for hydroxylation is 1. The minimum absolute atomic E-state index is 0.890. The van der Waals surface area contributed by atoms with Gasteiger partial charge in [-0.1, -0.05) is 43.9 Å². The maximum absolute atomic E-state index is 3.55. The number of rotatable bonds is 7. The van der Waals surface area contributed by atoms with Gasteiger partial charge >= 0.3 is 0 Å². The average Bonchev–Trinajstić information content (AvgIpc) is 2.48. The quantitative estimate of drug-likeness (QED) is 0.743. The molecule has 0 aromatic heterocycles. The van der Waals surface area contributed by atoms with Crippen molar-refractivity contribution >= 4 is 5.69 Å². The van der Waals surface area contributed by atoms with Crippen LogP contribution in [-0.4, -0.2) is 20.1 Å². The first-order valence-corrected chi connectivity index (χ1v) is 8.72. The van der Waals surface area contributed by atoms with Crippen LogP contribution in [0.4, 0.5) is 5.69 Å². The van der Waals surface area contributed by atoms with Crippen LogP contribution in [0.2, 0.25) is 0 Å². The highest BCUT2D eigenvalue weighted by atomic mass is 15.1. The van der Waals surface area contributed by atoms with Gasteiger partial charge in [0.1, 0.15) is 0 Å². The van der Waals surface area contributed by atoms with Gasteiger partial charge in [0.2, 0.25) is 0 Å². The highest BCUT2D eigenvalue weighted by molar-refractivity contribution is 5.54. The molecule has 1 fully saturated rings. The molecule has 0 heterocycles.